The molecule has 0 saturated heterocycles. The molecule has 8 nitrogen and oxygen atoms in total. The summed E-state index contributed by atoms with van der Waals surface area (Å²) in [4.78, 5) is 13.0. The maximum Gasteiger partial charge on any atom is 0.416 e. The first kappa shape index (κ1) is 24.8. The summed E-state index contributed by atoms with van der Waals surface area (Å²) in [6.07, 6.45) is 1.06. The van der Waals surface area contributed by atoms with E-state index in [4.69, 9.17) is 0 Å². The number of nitrogens with zero attached hydrogens (tertiary/aromatic N) is 3. The van der Waals surface area contributed by atoms with Crippen molar-refractivity contribution in [3.8, 4) is 0 Å². The van der Waals surface area contributed by atoms with E-state index >= 15 is 0 Å². The van der Waals surface area contributed by atoms with Crippen LogP contribution in [0.15, 0.2) is 48.8 Å². The molecule has 2 aliphatic rings. The average molecular weight is 512 g/mol. The average Bonchev–Trinajstić information content (AvgIpc) is 3.46. The predicted molar refractivity (Wildman–Crippen MR) is 135 cm³/mol. The van der Waals surface area contributed by atoms with Crippen LogP contribution in [0.4, 0.5) is 24.5 Å². The van der Waals surface area contributed by atoms with Crippen LogP contribution in [0.25, 0.3) is 5.70 Å². The number of aromatic nitrogens is 2. The second-order valence-electron chi connectivity index (χ2n) is 9.40. The lowest BCUT2D eigenvalue weighted by Crippen LogP contribution is -2.36. The largest absolute Gasteiger partial charge is 0.416 e. The highest BCUT2D eigenvalue weighted by molar-refractivity contribution is 6.05. The van der Waals surface area contributed by atoms with Gasteiger partial charge in [-0.1, -0.05) is 12.1 Å². The third-order valence-corrected chi connectivity index (χ3v) is 6.66. The van der Waals surface area contributed by atoms with Crippen molar-refractivity contribution < 1.29 is 18.0 Å². The molecule has 0 atom stereocenters. The lowest BCUT2D eigenvalue weighted by Gasteiger charge is -2.19. The third-order valence-electron chi connectivity index (χ3n) is 6.66. The van der Waals surface area contributed by atoms with Crippen molar-refractivity contribution in [3.63, 3.8) is 0 Å². The number of hydrogen-bond donors (Lipinski definition) is 4. The molecule has 1 saturated carbocycles. The van der Waals surface area contributed by atoms with E-state index in [0.29, 0.717) is 11.3 Å². The van der Waals surface area contributed by atoms with Crippen LogP contribution in [-0.4, -0.2) is 21.7 Å². The van der Waals surface area contributed by atoms with E-state index < -0.39 is 17.6 Å². The van der Waals surface area contributed by atoms with Crippen molar-refractivity contribution in [3.05, 3.63) is 82.3 Å². The normalized spacial score (nSPS) is 15.5. The molecule has 4 N–H and O–H groups in total. The first-order valence-electron chi connectivity index (χ1n) is 12.0. The highest BCUT2D eigenvalue weighted by Gasteiger charge is 2.34. The Morgan fingerprint density at radius 1 is 1.16 bits per heavy atom. The number of alkyl halides is 3. The third kappa shape index (κ3) is 5.32. The zero-order chi connectivity index (χ0) is 26.3. The molecule has 1 aromatic heterocycles. The first-order chi connectivity index (χ1) is 17.6. The van der Waals surface area contributed by atoms with Gasteiger partial charge in [-0.3, -0.25) is 14.5 Å². The number of hydrazine groups is 2. The second-order valence-corrected chi connectivity index (χ2v) is 9.40. The van der Waals surface area contributed by atoms with E-state index in [-0.39, 0.29) is 23.8 Å². The molecule has 1 fully saturated rings. The number of carbonyl (C=O) groups is 1. The zero-order valence-electron chi connectivity index (χ0n) is 20.7. The summed E-state index contributed by atoms with van der Waals surface area (Å²) < 4.78 is 42.9. The quantitative estimate of drug-likeness (QED) is 0.377. The van der Waals surface area contributed by atoms with Crippen LogP contribution in [0.3, 0.4) is 0 Å². The van der Waals surface area contributed by atoms with E-state index in [0.717, 1.165) is 41.4 Å². The molecular formula is C26H28F3N7O. The summed E-state index contributed by atoms with van der Waals surface area (Å²) in [5.74, 6) is -0.502. The van der Waals surface area contributed by atoms with Crippen LogP contribution in [0.2, 0.25) is 0 Å². The van der Waals surface area contributed by atoms with E-state index in [1.165, 1.54) is 12.1 Å². The fourth-order valence-corrected chi connectivity index (χ4v) is 4.17. The summed E-state index contributed by atoms with van der Waals surface area (Å²) in [6.45, 7) is 4.01. The van der Waals surface area contributed by atoms with Crippen LogP contribution in [-0.2, 0) is 19.8 Å². The second kappa shape index (κ2) is 9.56. The van der Waals surface area contributed by atoms with Crippen LogP contribution < -0.4 is 26.6 Å². The van der Waals surface area contributed by atoms with Gasteiger partial charge >= 0.3 is 6.18 Å². The summed E-state index contributed by atoms with van der Waals surface area (Å²) in [5.41, 5.74) is 10.3. The number of rotatable bonds is 7. The molecule has 0 radical (unpaired) electrons. The molecule has 5 rings (SSSR count). The number of anilines is 2. The van der Waals surface area contributed by atoms with E-state index in [9.17, 15) is 18.0 Å². The predicted octanol–water partition coefficient (Wildman–Crippen LogP) is 4.39. The van der Waals surface area contributed by atoms with E-state index in [1.54, 1.807) is 34.1 Å². The van der Waals surface area contributed by atoms with E-state index in [1.807, 2.05) is 27.1 Å². The maximum atomic E-state index is 13.7. The van der Waals surface area contributed by atoms with Crippen LogP contribution in [0.1, 0.15) is 51.1 Å². The number of hydrogen-bond acceptors (Lipinski definition) is 6. The van der Waals surface area contributed by atoms with Crippen LogP contribution >= 0.6 is 0 Å². The lowest BCUT2D eigenvalue weighted by molar-refractivity contribution is -0.138. The molecule has 2 aromatic carbocycles. The van der Waals surface area contributed by atoms with Crippen molar-refractivity contribution in [2.75, 3.05) is 10.3 Å². The minimum Gasteiger partial charge on any atom is -0.322 e. The fraction of sp³-hybridized carbons (Fsp3) is 0.308. The Labute approximate surface area is 212 Å². The van der Waals surface area contributed by atoms with Gasteiger partial charge in [0, 0.05) is 48.3 Å². The van der Waals surface area contributed by atoms with Gasteiger partial charge in [-0.15, -0.1) is 5.53 Å². The maximum absolute atomic E-state index is 13.7. The number of amides is 1. The Balaban J connectivity index is 1.35. The number of nitrogens with one attached hydrogen (secondary N) is 4. The Morgan fingerprint density at radius 3 is 2.62 bits per heavy atom. The van der Waals surface area contributed by atoms with Crippen molar-refractivity contribution in [2.45, 2.75) is 45.5 Å². The lowest BCUT2D eigenvalue weighted by atomic mass is 10.0. The molecular weight excluding hydrogens is 483 g/mol. The minimum absolute atomic E-state index is 0.0878. The van der Waals surface area contributed by atoms with Gasteiger partial charge in [0.25, 0.3) is 5.91 Å². The topological polar surface area (TPSA) is 86.2 Å². The molecule has 194 valence electrons. The molecule has 1 aliphatic carbocycles. The van der Waals surface area contributed by atoms with Gasteiger partial charge in [0.2, 0.25) is 0 Å². The zero-order valence-corrected chi connectivity index (χ0v) is 20.7. The monoisotopic (exact) mass is 511 g/mol. The Bertz CT molecular complexity index is 1370. The molecule has 0 unspecified atom stereocenters. The summed E-state index contributed by atoms with van der Waals surface area (Å²) in [7, 11) is 1.86. The van der Waals surface area contributed by atoms with Gasteiger partial charge in [-0.05, 0) is 62.1 Å². The summed E-state index contributed by atoms with van der Waals surface area (Å²) in [6, 6.07) is 9.33. The van der Waals surface area contributed by atoms with Crippen LogP contribution in [0, 0.1) is 13.8 Å². The minimum atomic E-state index is -4.52. The molecule has 0 spiro atoms. The first-order valence-corrected chi connectivity index (χ1v) is 12.0. The number of halogens is 3. The Morgan fingerprint density at radius 2 is 1.95 bits per heavy atom. The highest BCUT2D eigenvalue weighted by Crippen LogP contribution is 2.35. The van der Waals surface area contributed by atoms with E-state index in [2.05, 4.69) is 26.7 Å². The Hall–Kier alpha value is -3.83. The number of carbonyl (C=O) groups excluding carboxylic acids is 1. The van der Waals surface area contributed by atoms with Crippen molar-refractivity contribution in [1.82, 2.24) is 26.1 Å². The number of benzene rings is 2. The van der Waals surface area contributed by atoms with Crippen LogP contribution in [0.5, 0.6) is 0 Å². The smallest absolute Gasteiger partial charge is 0.322 e. The number of aryl methyl sites for hydroxylation is 2. The van der Waals surface area contributed by atoms with Gasteiger partial charge in [-0.2, -0.15) is 18.3 Å². The van der Waals surface area contributed by atoms with Crippen molar-refractivity contribution in [2.24, 2.45) is 7.05 Å². The van der Waals surface area contributed by atoms with Crippen molar-refractivity contribution in [1.29, 1.82) is 0 Å². The highest BCUT2D eigenvalue weighted by atomic mass is 19.4. The van der Waals surface area contributed by atoms with Gasteiger partial charge in [0.05, 0.1) is 23.1 Å². The molecule has 2 heterocycles. The summed E-state index contributed by atoms with van der Waals surface area (Å²) in [5, 5.41) is 11.7. The Kier molecular flexibility index (Phi) is 6.42. The summed E-state index contributed by atoms with van der Waals surface area (Å²) >= 11 is 0. The van der Waals surface area contributed by atoms with Gasteiger partial charge in [0.15, 0.2) is 0 Å². The molecule has 1 aliphatic heterocycles. The van der Waals surface area contributed by atoms with Gasteiger partial charge in [-0.25, -0.2) is 0 Å². The van der Waals surface area contributed by atoms with Gasteiger partial charge in [0.1, 0.15) is 0 Å². The fourth-order valence-electron chi connectivity index (χ4n) is 4.17. The molecule has 37 heavy (non-hydrogen) atoms. The standard InChI is InChI=1S/C26H28F3N7O/c1-15-4-5-17(10-24(15)36-14-23(33-34-36)21-13-31-35(3)16(21)2)25(37)32-20-7-6-18(12-30-19-8-9-19)22(11-20)26(27,28)29/h4-7,10-11,13-14,19,30,33-34H,8-9,12H2,1-3H3,(H,32,37). The van der Waals surface area contributed by atoms with Gasteiger partial charge < -0.3 is 16.1 Å². The molecule has 11 heteroatoms. The molecule has 3 aromatic rings. The molecule has 0 bridgehead atoms. The SMILES string of the molecule is Cc1ccc(C(=O)Nc2ccc(CNC3CC3)c(C(F)(F)F)c2)cc1N1C=C(c2cnn(C)c2C)NN1. The van der Waals surface area contributed by atoms with Crippen molar-refractivity contribution >= 4 is 23.0 Å². The molecule has 1 amide bonds.